The van der Waals surface area contributed by atoms with Crippen molar-refractivity contribution < 1.29 is 22.7 Å². The van der Waals surface area contributed by atoms with Gasteiger partial charge in [-0.15, -0.1) is 6.42 Å². The third kappa shape index (κ3) is 4.56. The van der Waals surface area contributed by atoms with Gasteiger partial charge in [-0.05, 0) is 43.7 Å². The number of sulfone groups is 1. The van der Waals surface area contributed by atoms with Crippen LogP contribution < -0.4 is 14.3 Å². The Hall–Kier alpha value is -3.09. The van der Waals surface area contributed by atoms with Crippen molar-refractivity contribution in [2.45, 2.75) is 37.0 Å². The lowest BCUT2D eigenvalue weighted by atomic mass is 10.1. The number of carbonyl (C=O) groups is 1. The molecular weight excluding hydrogens is 448 g/mol. The summed E-state index contributed by atoms with van der Waals surface area (Å²) in [7, 11) is -0.236. The van der Waals surface area contributed by atoms with Gasteiger partial charge < -0.3 is 14.0 Å². The molecule has 9 heteroatoms. The third-order valence-corrected chi connectivity index (χ3v) is 8.15. The van der Waals surface area contributed by atoms with Crippen molar-refractivity contribution in [2.75, 3.05) is 14.2 Å². The molecule has 0 aliphatic rings. The second-order valence-corrected chi connectivity index (χ2v) is 10.7. The molecule has 0 aliphatic heterocycles. The van der Waals surface area contributed by atoms with E-state index in [4.69, 9.17) is 15.9 Å². The number of aromatic nitrogens is 1. The Kier molecular flexibility index (Phi) is 7.06. The summed E-state index contributed by atoms with van der Waals surface area (Å²) < 4.78 is 38.0. The zero-order valence-electron chi connectivity index (χ0n) is 18.3. The van der Waals surface area contributed by atoms with Crippen LogP contribution in [-0.4, -0.2) is 38.4 Å². The number of hydrogen-bond acceptors (Lipinski definition) is 6. The molecule has 0 unspecified atom stereocenters. The third-order valence-electron chi connectivity index (χ3n) is 4.89. The molecule has 3 rings (SSSR count). The number of fused-ring (bicyclic) bond motifs is 1. The van der Waals surface area contributed by atoms with E-state index in [1.54, 1.807) is 56.9 Å². The normalized spacial score (nSPS) is 12.2. The van der Waals surface area contributed by atoms with E-state index < -0.39 is 15.1 Å². The summed E-state index contributed by atoms with van der Waals surface area (Å²) in [6.45, 7) is 3.47. The Morgan fingerprint density at radius 2 is 1.75 bits per heavy atom. The Morgan fingerprint density at radius 3 is 2.31 bits per heavy atom. The summed E-state index contributed by atoms with van der Waals surface area (Å²) in [4.78, 5) is 17.7. The van der Waals surface area contributed by atoms with E-state index in [1.807, 2.05) is 0 Å². The van der Waals surface area contributed by atoms with E-state index in [9.17, 15) is 13.2 Å². The molecule has 0 bridgehead atoms. The average Bonchev–Trinajstić information content (AvgIpc) is 3.11. The van der Waals surface area contributed by atoms with E-state index in [-0.39, 0.29) is 23.8 Å². The standard InChI is InChI=1S/C23H24N2O5S2/c1-6-13-25-21-18(29-4)11-12-19(30-5)22(21)31-23(25)24-20(26)14-16-7-9-17(10-8-16)32(27,28)15(2)3/h1,7-12,15H,13-14H2,2-5H3. The number of nitrogens with zero attached hydrogens (tertiary/aromatic N) is 2. The Bertz CT molecular complexity index is 1360. The van der Waals surface area contributed by atoms with Gasteiger partial charge in [0.15, 0.2) is 14.6 Å². The Balaban J connectivity index is 1.99. The molecule has 0 aliphatic carbocycles. The molecule has 1 aromatic heterocycles. The number of ether oxygens (including phenoxy) is 2. The van der Waals surface area contributed by atoms with Gasteiger partial charge in [-0.2, -0.15) is 4.99 Å². The number of hydrogen-bond donors (Lipinski definition) is 0. The highest BCUT2D eigenvalue weighted by Gasteiger charge is 2.19. The molecule has 1 amide bonds. The minimum Gasteiger partial charge on any atom is -0.495 e. The fourth-order valence-electron chi connectivity index (χ4n) is 3.17. The number of thiazole rings is 1. The van der Waals surface area contributed by atoms with Gasteiger partial charge in [0.1, 0.15) is 21.7 Å². The van der Waals surface area contributed by atoms with Gasteiger partial charge >= 0.3 is 0 Å². The zero-order chi connectivity index (χ0) is 23.5. The minimum absolute atomic E-state index is 0.0283. The van der Waals surface area contributed by atoms with Gasteiger partial charge in [-0.1, -0.05) is 29.4 Å². The van der Waals surface area contributed by atoms with Crippen LogP contribution in [0.15, 0.2) is 46.3 Å². The number of carbonyl (C=O) groups excluding carboxylic acids is 1. The maximum atomic E-state index is 12.7. The Labute approximate surface area is 191 Å². The zero-order valence-corrected chi connectivity index (χ0v) is 19.9. The van der Waals surface area contributed by atoms with Gasteiger partial charge in [0, 0.05) is 0 Å². The van der Waals surface area contributed by atoms with Crippen molar-refractivity contribution in [1.29, 1.82) is 0 Å². The SMILES string of the molecule is C#CCn1c(=NC(=O)Cc2ccc(S(=O)(=O)C(C)C)cc2)sc2c(OC)ccc(OC)c21. The first-order chi connectivity index (χ1) is 15.2. The van der Waals surface area contributed by atoms with Crippen molar-refractivity contribution in [1.82, 2.24) is 4.57 Å². The van der Waals surface area contributed by atoms with Crippen LogP contribution in [0.25, 0.3) is 10.2 Å². The summed E-state index contributed by atoms with van der Waals surface area (Å²) in [5.74, 6) is 3.45. The first kappa shape index (κ1) is 23.6. The van der Waals surface area contributed by atoms with Gasteiger partial charge in [-0.3, -0.25) is 4.79 Å². The molecule has 0 saturated heterocycles. The fraction of sp³-hybridized carbons (Fsp3) is 0.304. The van der Waals surface area contributed by atoms with Crippen LogP contribution in [0.1, 0.15) is 19.4 Å². The monoisotopic (exact) mass is 472 g/mol. The predicted molar refractivity (Wildman–Crippen MR) is 125 cm³/mol. The van der Waals surface area contributed by atoms with Crippen LogP contribution in [0.2, 0.25) is 0 Å². The summed E-state index contributed by atoms with van der Waals surface area (Å²) in [5.41, 5.74) is 1.38. The molecule has 7 nitrogen and oxygen atoms in total. The van der Waals surface area contributed by atoms with E-state index in [0.717, 1.165) is 4.70 Å². The lowest BCUT2D eigenvalue weighted by molar-refractivity contribution is -0.117. The van der Waals surface area contributed by atoms with Crippen molar-refractivity contribution in [3.05, 3.63) is 46.8 Å². The molecule has 32 heavy (non-hydrogen) atoms. The van der Waals surface area contributed by atoms with E-state index in [1.165, 1.54) is 23.5 Å². The van der Waals surface area contributed by atoms with Crippen molar-refractivity contribution in [3.63, 3.8) is 0 Å². The molecule has 0 atom stereocenters. The smallest absolute Gasteiger partial charge is 0.252 e. The lowest BCUT2D eigenvalue weighted by Crippen LogP contribution is -2.17. The number of terminal acetylenes is 1. The fourth-order valence-corrected chi connectivity index (χ4v) is 5.38. The van der Waals surface area contributed by atoms with Gasteiger partial charge in [0.25, 0.3) is 5.91 Å². The molecule has 0 spiro atoms. The van der Waals surface area contributed by atoms with Crippen LogP contribution >= 0.6 is 11.3 Å². The van der Waals surface area contributed by atoms with Gasteiger partial charge in [-0.25, -0.2) is 8.42 Å². The highest BCUT2D eigenvalue weighted by Crippen LogP contribution is 2.35. The average molecular weight is 473 g/mol. The predicted octanol–water partition coefficient (Wildman–Crippen LogP) is 3.21. The van der Waals surface area contributed by atoms with E-state index >= 15 is 0 Å². The Morgan fingerprint density at radius 1 is 1.12 bits per heavy atom. The summed E-state index contributed by atoms with van der Waals surface area (Å²) in [5, 5.41) is -0.515. The largest absolute Gasteiger partial charge is 0.495 e. The molecule has 1 heterocycles. The number of amides is 1. The minimum atomic E-state index is -3.36. The second kappa shape index (κ2) is 9.59. The molecule has 3 aromatic rings. The first-order valence-corrected chi connectivity index (χ1v) is 12.2. The van der Waals surface area contributed by atoms with Gasteiger partial charge in [0.2, 0.25) is 0 Å². The quantitative estimate of drug-likeness (QED) is 0.493. The van der Waals surface area contributed by atoms with Crippen LogP contribution in [-0.2, 0) is 27.6 Å². The summed E-state index contributed by atoms with van der Waals surface area (Å²) in [6.07, 6.45) is 5.58. The van der Waals surface area contributed by atoms with Crippen LogP contribution in [0, 0.1) is 12.3 Å². The van der Waals surface area contributed by atoms with Crippen LogP contribution in [0.3, 0.4) is 0 Å². The lowest BCUT2D eigenvalue weighted by Gasteiger charge is -2.08. The number of rotatable bonds is 7. The molecule has 0 fully saturated rings. The number of methoxy groups -OCH3 is 2. The maximum absolute atomic E-state index is 12.7. The second-order valence-electron chi connectivity index (χ2n) is 7.24. The highest BCUT2D eigenvalue weighted by molar-refractivity contribution is 7.92. The molecular formula is C23H24N2O5S2. The maximum Gasteiger partial charge on any atom is 0.252 e. The van der Waals surface area contributed by atoms with Crippen molar-refractivity contribution in [2.24, 2.45) is 4.99 Å². The molecule has 2 aromatic carbocycles. The highest BCUT2D eigenvalue weighted by atomic mass is 32.2. The molecule has 0 radical (unpaired) electrons. The van der Waals surface area contributed by atoms with Crippen LogP contribution in [0.5, 0.6) is 11.5 Å². The van der Waals surface area contributed by atoms with E-state index in [2.05, 4.69) is 10.9 Å². The molecule has 168 valence electrons. The first-order valence-electron chi connectivity index (χ1n) is 9.81. The topological polar surface area (TPSA) is 87.0 Å². The molecule has 0 saturated carbocycles. The van der Waals surface area contributed by atoms with E-state index in [0.29, 0.717) is 27.4 Å². The summed E-state index contributed by atoms with van der Waals surface area (Å²) >= 11 is 1.29. The summed E-state index contributed by atoms with van der Waals surface area (Å²) in [6, 6.07) is 9.87. The van der Waals surface area contributed by atoms with Crippen LogP contribution in [0.4, 0.5) is 0 Å². The van der Waals surface area contributed by atoms with Gasteiger partial charge in [0.05, 0.1) is 37.3 Å². The van der Waals surface area contributed by atoms with Crippen molar-refractivity contribution >= 4 is 37.3 Å². The van der Waals surface area contributed by atoms with Crippen molar-refractivity contribution in [3.8, 4) is 23.8 Å². The molecule has 0 N–H and O–H groups in total. The number of benzene rings is 2.